The Labute approximate surface area is 107 Å². The van der Waals surface area contributed by atoms with Gasteiger partial charge in [-0.2, -0.15) is 0 Å². The number of nitrogens with zero attached hydrogens (tertiary/aromatic N) is 1. The average Bonchev–Trinajstić information content (AvgIpc) is 2.34. The second kappa shape index (κ2) is 5.08. The Balaban J connectivity index is 2.09. The highest BCUT2D eigenvalue weighted by atomic mass is 16.5. The third kappa shape index (κ3) is 2.89. The van der Waals surface area contributed by atoms with Crippen LogP contribution in [0, 0.1) is 6.92 Å². The number of hydrogen-bond acceptors (Lipinski definition) is 3. The lowest BCUT2D eigenvalue weighted by Gasteiger charge is -2.39. The predicted octanol–water partition coefficient (Wildman–Crippen LogP) is 1.10. The number of amides is 1. The van der Waals surface area contributed by atoms with E-state index in [1.54, 1.807) is 4.90 Å². The second-order valence-corrected chi connectivity index (χ2v) is 5.14. The van der Waals surface area contributed by atoms with Gasteiger partial charge < -0.3 is 14.7 Å². The number of aryl methyl sites for hydroxylation is 1. The molecule has 98 valence electrons. The summed E-state index contributed by atoms with van der Waals surface area (Å²) in [5.74, 6) is -0.0255. The molecule has 1 N–H and O–H groups in total. The van der Waals surface area contributed by atoms with E-state index in [4.69, 9.17) is 4.74 Å². The number of benzene rings is 1. The number of aliphatic hydroxyl groups excluding tert-OH is 1. The largest absolute Gasteiger partial charge is 0.393 e. The van der Waals surface area contributed by atoms with Gasteiger partial charge in [-0.15, -0.1) is 0 Å². The maximum atomic E-state index is 11.8. The van der Waals surface area contributed by atoms with Gasteiger partial charge in [-0.3, -0.25) is 4.79 Å². The van der Waals surface area contributed by atoms with Crippen LogP contribution in [-0.4, -0.2) is 41.3 Å². The minimum atomic E-state index is -0.641. The van der Waals surface area contributed by atoms with Crippen molar-refractivity contribution in [1.29, 1.82) is 0 Å². The summed E-state index contributed by atoms with van der Waals surface area (Å²) in [6.45, 7) is 4.81. The number of morpholine rings is 1. The van der Waals surface area contributed by atoms with Crippen molar-refractivity contribution >= 4 is 5.91 Å². The van der Waals surface area contributed by atoms with Gasteiger partial charge in [0.15, 0.2) is 0 Å². The molecule has 0 saturated carbocycles. The molecule has 1 saturated heterocycles. The molecule has 0 radical (unpaired) electrons. The summed E-state index contributed by atoms with van der Waals surface area (Å²) in [6, 6.07) is 8.09. The second-order valence-electron chi connectivity index (χ2n) is 5.14. The standard InChI is InChI=1S/C14H19NO3/c1-11-4-3-5-12(6-11)7-15-9-14(2,10-16)18-8-13(15)17/h3-6,16H,7-10H2,1-2H3. The molecular formula is C14H19NO3. The van der Waals surface area contributed by atoms with Crippen molar-refractivity contribution in [2.75, 3.05) is 19.8 Å². The average molecular weight is 249 g/mol. The molecule has 2 rings (SSSR count). The van der Waals surface area contributed by atoms with Crippen LogP contribution in [0.3, 0.4) is 0 Å². The molecule has 0 spiro atoms. The minimum Gasteiger partial charge on any atom is -0.393 e. The quantitative estimate of drug-likeness (QED) is 0.873. The smallest absolute Gasteiger partial charge is 0.249 e. The summed E-state index contributed by atoms with van der Waals surface area (Å²) in [5, 5.41) is 9.30. The van der Waals surface area contributed by atoms with E-state index < -0.39 is 5.60 Å². The van der Waals surface area contributed by atoms with E-state index in [2.05, 4.69) is 6.07 Å². The molecule has 1 fully saturated rings. The molecule has 1 heterocycles. The molecule has 0 aromatic heterocycles. The van der Waals surface area contributed by atoms with Crippen LogP contribution in [0.4, 0.5) is 0 Å². The van der Waals surface area contributed by atoms with Crippen LogP contribution in [0.15, 0.2) is 24.3 Å². The van der Waals surface area contributed by atoms with Crippen LogP contribution in [0.2, 0.25) is 0 Å². The number of rotatable bonds is 3. The molecule has 0 bridgehead atoms. The van der Waals surface area contributed by atoms with Gasteiger partial charge in [0.2, 0.25) is 5.91 Å². The van der Waals surface area contributed by atoms with Gasteiger partial charge in [0.1, 0.15) is 12.2 Å². The van der Waals surface area contributed by atoms with Gasteiger partial charge in [-0.1, -0.05) is 29.8 Å². The van der Waals surface area contributed by atoms with Gasteiger partial charge in [-0.25, -0.2) is 0 Å². The van der Waals surface area contributed by atoms with E-state index >= 15 is 0 Å². The summed E-state index contributed by atoms with van der Waals surface area (Å²) in [7, 11) is 0. The molecule has 1 aliphatic heterocycles. The number of hydrogen-bond donors (Lipinski definition) is 1. The molecule has 1 aliphatic rings. The van der Waals surface area contributed by atoms with Gasteiger partial charge in [0, 0.05) is 6.54 Å². The Hall–Kier alpha value is -1.39. The molecule has 4 nitrogen and oxygen atoms in total. The zero-order chi connectivity index (χ0) is 13.2. The maximum absolute atomic E-state index is 11.8. The van der Waals surface area contributed by atoms with E-state index in [1.165, 1.54) is 5.56 Å². The molecule has 0 aliphatic carbocycles. The van der Waals surface area contributed by atoms with Crippen molar-refractivity contribution in [3.05, 3.63) is 35.4 Å². The summed E-state index contributed by atoms with van der Waals surface area (Å²) < 4.78 is 5.38. The third-order valence-corrected chi connectivity index (χ3v) is 3.21. The fourth-order valence-electron chi connectivity index (χ4n) is 2.14. The molecule has 4 heteroatoms. The molecule has 18 heavy (non-hydrogen) atoms. The van der Waals surface area contributed by atoms with E-state index in [-0.39, 0.29) is 19.1 Å². The Morgan fingerprint density at radius 2 is 2.28 bits per heavy atom. The SMILES string of the molecule is Cc1cccc(CN2CC(C)(CO)OCC2=O)c1. The molecule has 1 atom stereocenters. The summed E-state index contributed by atoms with van der Waals surface area (Å²) >= 11 is 0. The highest BCUT2D eigenvalue weighted by molar-refractivity contribution is 5.78. The highest BCUT2D eigenvalue weighted by Crippen LogP contribution is 2.19. The first-order chi connectivity index (χ1) is 8.52. The van der Waals surface area contributed by atoms with Gasteiger partial charge >= 0.3 is 0 Å². The van der Waals surface area contributed by atoms with Crippen molar-refractivity contribution in [2.45, 2.75) is 26.0 Å². The van der Waals surface area contributed by atoms with Crippen molar-refractivity contribution in [3.63, 3.8) is 0 Å². The van der Waals surface area contributed by atoms with E-state index in [1.807, 2.05) is 32.0 Å². The van der Waals surface area contributed by atoms with Crippen LogP contribution in [-0.2, 0) is 16.1 Å². The topological polar surface area (TPSA) is 49.8 Å². The zero-order valence-corrected chi connectivity index (χ0v) is 10.8. The first-order valence-corrected chi connectivity index (χ1v) is 6.10. The molecule has 1 amide bonds. The van der Waals surface area contributed by atoms with Crippen molar-refractivity contribution in [2.24, 2.45) is 0 Å². The number of ether oxygens (including phenoxy) is 1. The van der Waals surface area contributed by atoms with E-state index in [9.17, 15) is 9.90 Å². The summed E-state index contributed by atoms with van der Waals surface area (Å²) in [6.07, 6.45) is 0. The normalized spacial score (nSPS) is 24.4. The molecule has 1 aromatic rings. The monoisotopic (exact) mass is 249 g/mol. The number of carbonyl (C=O) groups excluding carboxylic acids is 1. The number of aliphatic hydroxyl groups is 1. The Kier molecular flexibility index (Phi) is 3.68. The van der Waals surface area contributed by atoms with Crippen LogP contribution < -0.4 is 0 Å². The van der Waals surface area contributed by atoms with E-state index in [0.29, 0.717) is 13.1 Å². The fourth-order valence-corrected chi connectivity index (χ4v) is 2.14. The Bertz CT molecular complexity index is 446. The minimum absolute atomic E-state index is 0.0255. The maximum Gasteiger partial charge on any atom is 0.249 e. The molecule has 1 aromatic carbocycles. The first kappa shape index (κ1) is 13.1. The zero-order valence-electron chi connectivity index (χ0n) is 10.8. The van der Waals surface area contributed by atoms with Crippen LogP contribution in [0.5, 0.6) is 0 Å². The van der Waals surface area contributed by atoms with Crippen LogP contribution >= 0.6 is 0 Å². The predicted molar refractivity (Wildman–Crippen MR) is 68.0 cm³/mol. The van der Waals surface area contributed by atoms with Crippen molar-refractivity contribution in [1.82, 2.24) is 4.90 Å². The first-order valence-electron chi connectivity index (χ1n) is 6.10. The van der Waals surface area contributed by atoms with Gasteiger partial charge in [0.05, 0.1) is 13.2 Å². The van der Waals surface area contributed by atoms with Crippen molar-refractivity contribution < 1.29 is 14.6 Å². The Morgan fingerprint density at radius 1 is 1.50 bits per heavy atom. The van der Waals surface area contributed by atoms with Crippen LogP contribution in [0.25, 0.3) is 0 Å². The van der Waals surface area contributed by atoms with Gasteiger partial charge in [0.25, 0.3) is 0 Å². The van der Waals surface area contributed by atoms with Crippen molar-refractivity contribution in [3.8, 4) is 0 Å². The molecule has 1 unspecified atom stereocenters. The fraction of sp³-hybridized carbons (Fsp3) is 0.500. The van der Waals surface area contributed by atoms with Gasteiger partial charge in [-0.05, 0) is 19.4 Å². The van der Waals surface area contributed by atoms with E-state index in [0.717, 1.165) is 5.56 Å². The summed E-state index contributed by atoms with van der Waals surface area (Å²) in [4.78, 5) is 13.6. The third-order valence-electron chi connectivity index (χ3n) is 3.21. The number of carbonyl (C=O) groups is 1. The highest BCUT2D eigenvalue weighted by Gasteiger charge is 2.35. The lowest BCUT2D eigenvalue weighted by atomic mass is 10.0. The van der Waals surface area contributed by atoms with Crippen LogP contribution in [0.1, 0.15) is 18.1 Å². The lowest BCUT2D eigenvalue weighted by molar-refractivity contribution is -0.167. The summed E-state index contributed by atoms with van der Waals surface area (Å²) in [5.41, 5.74) is 1.64. The Morgan fingerprint density at radius 3 is 2.94 bits per heavy atom. The lowest BCUT2D eigenvalue weighted by Crippen LogP contribution is -2.54. The molecular weight excluding hydrogens is 230 g/mol.